The van der Waals surface area contributed by atoms with Crippen molar-refractivity contribution in [2.75, 3.05) is 9.80 Å². The molecule has 12 aromatic rings. The third-order valence-electron chi connectivity index (χ3n) is 13.3. The van der Waals surface area contributed by atoms with Crippen molar-refractivity contribution in [1.82, 2.24) is 0 Å². The first-order valence-corrected chi connectivity index (χ1v) is 22.5. The molecule has 0 heterocycles. The van der Waals surface area contributed by atoms with Crippen LogP contribution in [0.3, 0.4) is 0 Å². The molecule has 0 amide bonds. The quantitative estimate of drug-likeness (QED) is 0.0865. The van der Waals surface area contributed by atoms with Crippen LogP contribution in [0.5, 0.6) is 0 Å². The van der Waals surface area contributed by atoms with Gasteiger partial charge in [-0.2, -0.15) is 5.26 Å². The Kier molecular flexibility index (Phi) is 9.98. The number of halogens is 4. The molecule has 0 bridgehead atoms. The smallest absolute Gasteiger partial charge is 0.187 e. The first-order valence-electron chi connectivity index (χ1n) is 22.5. The predicted octanol–water partition coefficient (Wildman–Crippen LogP) is 18.1. The summed E-state index contributed by atoms with van der Waals surface area (Å²) in [6.45, 7) is 7.62. The highest BCUT2D eigenvalue weighted by molar-refractivity contribution is 6.28. The van der Waals surface area contributed by atoms with Crippen LogP contribution < -0.4 is 9.80 Å². The fourth-order valence-corrected chi connectivity index (χ4v) is 10.1. The van der Waals surface area contributed by atoms with E-state index in [1.54, 1.807) is 70.5 Å². The molecule has 330 valence electrons. The van der Waals surface area contributed by atoms with Crippen molar-refractivity contribution in [2.24, 2.45) is 0 Å². The summed E-state index contributed by atoms with van der Waals surface area (Å²) in [5, 5.41) is 17.8. The fraction of sp³-hybridized carbons (Fsp3) is 0. The van der Waals surface area contributed by atoms with Crippen LogP contribution in [0, 0.1) is 41.2 Å². The Morgan fingerprint density at radius 2 is 0.800 bits per heavy atom. The molecule has 0 radical (unpaired) electrons. The average molecular weight is 911 g/mol. The van der Waals surface area contributed by atoms with E-state index in [9.17, 15) is 5.26 Å². The lowest BCUT2D eigenvalue weighted by molar-refractivity contribution is 0.604. The fourth-order valence-electron chi connectivity index (χ4n) is 10.1. The molecule has 0 aromatic heterocycles. The normalized spacial score (nSPS) is 11.4. The van der Waals surface area contributed by atoms with Crippen LogP contribution in [0.2, 0.25) is 0 Å². The van der Waals surface area contributed by atoms with E-state index in [-0.39, 0.29) is 22.5 Å². The van der Waals surface area contributed by atoms with Gasteiger partial charge in [-0.25, -0.2) is 22.4 Å². The number of benzene rings is 12. The van der Waals surface area contributed by atoms with Crippen LogP contribution in [-0.2, 0) is 0 Å². The van der Waals surface area contributed by atoms with Crippen molar-refractivity contribution in [3.05, 3.63) is 247 Å². The van der Waals surface area contributed by atoms with E-state index in [0.717, 1.165) is 43.1 Å². The second kappa shape index (κ2) is 16.7. The van der Waals surface area contributed by atoms with Crippen molar-refractivity contribution in [2.45, 2.75) is 0 Å². The van der Waals surface area contributed by atoms with Crippen molar-refractivity contribution in [3.63, 3.8) is 0 Å². The third-order valence-corrected chi connectivity index (χ3v) is 13.3. The Morgan fingerprint density at radius 3 is 1.26 bits per heavy atom. The van der Waals surface area contributed by atoms with Crippen molar-refractivity contribution in [3.8, 4) is 28.3 Å². The van der Waals surface area contributed by atoms with E-state index < -0.39 is 23.3 Å². The summed E-state index contributed by atoms with van der Waals surface area (Å²) >= 11 is 0. The maximum absolute atomic E-state index is 17.1. The summed E-state index contributed by atoms with van der Waals surface area (Å²) in [4.78, 5) is 6.91. The van der Waals surface area contributed by atoms with Gasteiger partial charge in [0.1, 0.15) is 23.3 Å². The summed E-state index contributed by atoms with van der Waals surface area (Å²) < 4.78 is 67.7. The molecule has 0 saturated carbocycles. The standard InChI is InChI=1S/C62H34F4N4/c1-68-42-22-26-44(27-23-42)70(60-35-54(64)52(33-56(60)66)48-15-7-11-39-9-3-5-13-46(39)48)58-31-21-41-18-28-49-57(30-20-40-19-29-50(58)62(41)61(40)49)69(43-24-16-37(36-67)17-25-43)59-34-53(63)51(32-55(59)65)47-14-6-10-38-8-2-4-12-45(38)47/h2-35H. The van der Waals surface area contributed by atoms with Gasteiger partial charge in [-0.3, -0.25) is 0 Å². The Hall–Kier alpha value is -9.50. The molecular weight excluding hydrogens is 877 g/mol. The molecule has 12 aromatic carbocycles. The zero-order valence-corrected chi connectivity index (χ0v) is 36.9. The second-order valence-electron chi connectivity index (χ2n) is 17.2. The lowest BCUT2D eigenvalue weighted by Gasteiger charge is -2.30. The maximum Gasteiger partial charge on any atom is 0.187 e. The Labute approximate surface area is 399 Å². The van der Waals surface area contributed by atoms with Gasteiger partial charge in [0.05, 0.1) is 41.0 Å². The SMILES string of the molecule is [C-]#[N+]c1ccc(N(c2cc(F)c(-c3cccc4ccccc34)cc2F)c2ccc3ccc4c(N(c5ccc(C#N)cc5)c5cc(F)c(-c6cccc7ccccc67)cc5F)ccc5ccc2c3c54)cc1. The van der Waals surface area contributed by atoms with Gasteiger partial charge in [-0.15, -0.1) is 0 Å². The molecule has 0 N–H and O–H groups in total. The van der Waals surface area contributed by atoms with E-state index >= 15 is 17.6 Å². The molecule has 0 saturated heterocycles. The van der Waals surface area contributed by atoms with Crippen molar-refractivity contribution in [1.29, 1.82) is 5.26 Å². The van der Waals surface area contributed by atoms with Gasteiger partial charge >= 0.3 is 0 Å². The van der Waals surface area contributed by atoms with Gasteiger partial charge in [0, 0.05) is 45.4 Å². The van der Waals surface area contributed by atoms with Gasteiger partial charge < -0.3 is 9.80 Å². The second-order valence-corrected chi connectivity index (χ2v) is 17.2. The van der Waals surface area contributed by atoms with Crippen LogP contribution in [0.15, 0.2) is 206 Å². The Morgan fingerprint density at radius 1 is 0.371 bits per heavy atom. The lowest BCUT2D eigenvalue weighted by atomic mass is 9.91. The van der Waals surface area contributed by atoms with Crippen molar-refractivity contribution >= 4 is 93.7 Å². The van der Waals surface area contributed by atoms with E-state index in [0.29, 0.717) is 55.9 Å². The summed E-state index contributed by atoms with van der Waals surface area (Å²) in [6.07, 6.45) is 0. The summed E-state index contributed by atoms with van der Waals surface area (Å²) in [7, 11) is 0. The van der Waals surface area contributed by atoms with Crippen LogP contribution in [0.25, 0.3) is 81.0 Å². The number of fused-ring (bicyclic) bond motifs is 2. The molecule has 0 aliphatic heterocycles. The van der Waals surface area contributed by atoms with E-state index in [4.69, 9.17) is 6.57 Å². The largest absolute Gasteiger partial charge is 0.307 e. The van der Waals surface area contributed by atoms with Crippen molar-refractivity contribution < 1.29 is 17.6 Å². The van der Waals surface area contributed by atoms with Crippen LogP contribution in [-0.4, -0.2) is 0 Å². The Bertz CT molecular complexity index is 3870. The van der Waals surface area contributed by atoms with E-state index in [1.165, 1.54) is 24.3 Å². The zero-order valence-electron chi connectivity index (χ0n) is 36.9. The zero-order chi connectivity index (χ0) is 47.6. The molecule has 0 atom stereocenters. The van der Waals surface area contributed by atoms with Crippen LogP contribution >= 0.6 is 0 Å². The average Bonchev–Trinajstić information content (AvgIpc) is 3.40. The molecular formula is C62H34F4N4. The minimum Gasteiger partial charge on any atom is -0.307 e. The minimum atomic E-state index is -0.665. The monoisotopic (exact) mass is 910 g/mol. The van der Waals surface area contributed by atoms with Gasteiger partial charge in [0.15, 0.2) is 5.69 Å². The number of hydrogen-bond donors (Lipinski definition) is 0. The number of hydrogen-bond acceptors (Lipinski definition) is 3. The molecule has 70 heavy (non-hydrogen) atoms. The van der Waals surface area contributed by atoms with E-state index in [1.807, 2.05) is 121 Å². The molecule has 0 unspecified atom stereocenters. The Balaban J connectivity index is 1.06. The number of rotatable bonds is 8. The highest BCUT2D eigenvalue weighted by Gasteiger charge is 2.27. The van der Waals surface area contributed by atoms with Crippen LogP contribution in [0.1, 0.15) is 5.56 Å². The van der Waals surface area contributed by atoms with E-state index in [2.05, 4.69) is 10.9 Å². The lowest BCUT2D eigenvalue weighted by Crippen LogP contribution is -2.14. The topological polar surface area (TPSA) is 34.6 Å². The first kappa shape index (κ1) is 41.9. The first-order chi connectivity index (χ1) is 34.3. The summed E-state index contributed by atoms with van der Waals surface area (Å²) in [5.74, 6) is -2.56. The highest BCUT2D eigenvalue weighted by atomic mass is 19.1. The molecule has 0 spiro atoms. The predicted molar refractivity (Wildman–Crippen MR) is 276 cm³/mol. The third kappa shape index (κ3) is 6.81. The summed E-state index contributed by atoms with van der Waals surface area (Å²) in [5.41, 5.74) is 4.13. The van der Waals surface area contributed by atoms with Gasteiger partial charge in [0.2, 0.25) is 0 Å². The molecule has 0 aliphatic carbocycles. The highest BCUT2D eigenvalue weighted by Crippen LogP contribution is 2.49. The number of nitriles is 1. The van der Waals surface area contributed by atoms with Gasteiger partial charge in [-0.1, -0.05) is 133 Å². The summed E-state index contributed by atoms with van der Waals surface area (Å²) in [6, 6.07) is 62.2. The molecule has 8 heteroatoms. The maximum atomic E-state index is 17.1. The molecule has 12 rings (SSSR count). The molecule has 4 nitrogen and oxygen atoms in total. The minimum absolute atomic E-state index is 0.0378. The number of anilines is 6. The molecule has 0 fully saturated rings. The van der Waals surface area contributed by atoms with Gasteiger partial charge in [0.25, 0.3) is 0 Å². The van der Waals surface area contributed by atoms with Gasteiger partial charge in [-0.05, 0) is 115 Å². The molecule has 0 aliphatic rings. The number of nitrogens with zero attached hydrogens (tertiary/aromatic N) is 4. The van der Waals surface area contributed by atoms with Crippen LogP contribution in [0.4, 0.5) is 57.4 Å².